The minimum Gasteiger partial charge on any atom is -0.273 e. The zero-order valence-electron chi connectivity index (χ0n) is 13.3. The zero-order valence-corrected chi connectivity index (χ0v) is 14.2. The molecule has 4 aliphatic rings. The third kappa shape index (κ3) is 1.47. The van der Waals surface area contributed by atoms with Crippen LogP contribution in [0.15, 0.2) is 0 Å². The lowest BCUT2D eigenvalue weighted by molar-refractivity contribution is -0.131. The van der Waals surface area contributed by atoms with Crippen molar-refractivity contribution in [3.05, 3.63) is 0 Å². The Bertz CT molecular complexity index is 636. The molecule has 1 spiro atoms. The summed E-state index contributed by atoms with van der Waals surface area (Å²) >= 11 is 0. The van der Waals surface area contributed by atoms with Crippen LogP contribution in [0.25, 0.3) is 0 Å². The van der Waals surface area contributed by atoms with Gasteiger partial charge in [-0.05, 0) is 42.4 Å². The third-order valence-electron chi connectivity index (χ3n) is 7.44. The lowest BCUT2D eigenvalue weighted by Crippen LogP contribution is -2.45. The van der Waals surface area contributed by atoms with Crippen LogP contribution >= 0.6 is 0 Å². The van der Waals surface area contributed by atoms with Gasteiger partial charge in [0.2, 0.25) is 15.9 Å². The van der Waals surface area contributed by atoms with E-state index in [1.807, 2.05) is 0 Å². The molecule has 2 bridgehead atoms. The van der Waals surface area contributed by atoms with E-state index in [-0.39, 0.29) is 39.9 Å². The summed E-state index contributed by atoms with van der Waals surface area (Å²) in [5, 5.41) is 0. The quantitative estimate of drug-likeness (QED) is 0.747. The molecule has 118 valence electrons. The number of rotatable bonds is 1. The lowest BCUT2D eigenvalue weighted by atomic mass is 9.69. The largest absolute Gasteiger partial charge is 0.273 e. The van der Waals surface area contributed by atoms with E-state index in [1.165, 1.54) is 4.31 Å². The molecular weight excluding hydrogens is 286 g/mol. The summed E-state index contributed by atoms with van der Waals surface area (Å²) < 4.78 is 26.8. The Morgan fingerprint density at radius 1 is 1.19 bits per heavy atom. The molecule has 0 N–H and O–H groups in total. The fraction of sp³-hybridized carbons (Fsp3) is 0.938. The van der Waals surface area contributed by atoms with Crippen molar-refractivity contribution in [1.82, 2.24) is 4.31 Å². The van der Waals surface area contributed by atoms with Gasteiger partial charge in [0.05, 0.1) is 11.8 Å². The smallest absolute Gasteiger partial charge is 0.239 e. The first-order chi connectivity index (χ1) is 9.53. The Kier molecular flexibility index (Phi) is 2.34. The van der Waals surface area contributed by atoms with Crippen LogP contribution in [0.3, 0.4) is 0 Å². The highest BCUT2D eigenvalue weighted by atomic mass is 32.2. The van der Waals surface area contributed by atoms with Crippen molar-refractivity contribution in [3.8, 4) is 0 Å². The first-order valence-corrected chi connectivity index (χ1v) is 9.70. The Balaban J connectivity index is 1.75. The van der Waals surface area contributed by atoms with Gasteiger partial charge in [-0.1, -0.05) is 27.7 Å². The predicted octanol–water partition coefficient (Wildman–Crippen LogP) is 2.40. The van der Waals surface area contributed by atoms with Gasteiger partial charge in [0.1, 0.15) is 0 Å². The summed E-state index contributed by atoms with van der Waals surface area (Å²) in [6.45, 7) is 8.54. The van der Waals surface area contributed by atoms with Gasteiger partial charge in [-0.25, -0.2) is 12.7 Å². The van der Waals surface area contributed by atoms with Gasteiger partial charge in [0.25, 0.3) is 0 Å². The van der Waals surface area contributed by atoms with E-state index in [9.17, 15) is 13.2 Å². The molecule has 4 atom stereocenters. The summed E-state index contributed by atoms with van der Waals surface area (Å²) in [7, 11) is -3.43. The van der Waals surface area contributed by atoms with E-state index in [2.05, 4.69) is 27.7 Å². The Hall–Kier alpha value is -0.580. The standard InChI is InChI=1S/C16H25NO3S/c1-14(2)8-11(14)13(18)17-12-7-10-5-6-16(12,15(10,3)4)9-21(17,19)20/h10-12H,5-9H2,1-4H3/t10-,11+,12-,16-/m1/s1. The minimum absolute atomic E-state index is 0.0184. The summed E-state index contributed by atoms with van der Waals surface area (Å²) in [4.78, 5) is 12.8. The molecule has 4 nitrogen and oxygen atoms in total. The molecule has 5 heteroatoms. The van der Waals surface area contributed by atoms with Crippen LogP contribution in [0.5, 0.6) is 0 Å². The maximum atomic E-state index is 12.8. The monoisotopic (exact) mass is 311 g/mol. The van der Waals surface area contributed by atoms with Gasteiger partial charge in [-0.3, -0.25) is 4.79 Å². The van der Waals surface area contributed by atoms with E-state index >= 15 is 0 Å². The van der Waals surface area contributed by atoms with Gasteiger partial charge in [0.15, 0.2) is 0 Å². The minimum atomic E-state index is -3.43. The van der Waals surface area contributed by atoms with Gasteiger partial charge >= 0.3 is 0 Å². The highest BCUT2D eigenvalue weighted by molar-refractivity contribution is 7.90. The summed E-state index contributed by atoms with van der Waals surface area (Å²) in [6.07, 6.45) is 3.79. The first-order valence-electron chi connectivity index (χ1n) is 8.09. The van der Waals surface area contributed by atoms with Crippen molar-refractivity contribution >= 4 is 15.9 Å². The SMILES string of the molecule is CC1(C)C[C@H]1C(=O)N1[C@@H]2C[C@H]3CC[C@]2(CS1(=O)=O)C3(C)C. The number of carbonyl (C=O) groups excluding carboxylic acids is 1. The molecule has 0 unspecified atom stereocenters. The van der Waals surface area contributed by atoms with Crippen LogP contribution in [-0.4, -0.2) is 30.4 Å². The fourth-order valence-corrected chi connectivity index (χ4v) is 8.20. The van der Waals surface area contributed by atoms with Crippen LogP contribution in [-0.2, 0) is 14.8 Å². The predicted molar refractivity (Wildman–Crippen MR) is 79.9 cm³/mol. The number of hydrogen-bond acceptors (Lipinski definition) is 3. The van der Waals surface area contributed by atoms with E-state index in [4.69, 9.17) is 0 Å². The van der Waals surface area contributed by atoms with Gasteiger partial charge in [-0.15, -0.1) is 0 Å². The average molecular weight is 311 g/mol. The first kappa shape index (κ1) is 14.0. The average Bonchev–Trinajstić information content (AvgIpc) is 2.73. The molecule has 3 saturated carbocycles. The van der Waals surface area contributed by atoms with Gasteiger partial charge in [0, 0.05) is 11.3 Å². The molecule has 0 aromatic rings. The molecule has 1 heterocycles. The highest BCUT2D eigenvalue weighted by Gasteiger charge is 2.73. The topological polar surface area (TPSA) is 54.5 Å². The second-order valence-electron chi connectivity index (χ2n) is 9.00. The van der Waals surface area contributed by atoms with Crippen LogP contribution < -0.4 is 0 Å². The zero-order chi connectivity index (χ0) is 15.4. The number of sulfonamides is 1. The van der Waals surface area contributed by atoms with E-state index < -0.39 is 10.0 Å². The second-order valence-corrected chi connectivity index (χ2v) is 10.8. The van der Waals surface area contributed by atoms with Crippen molar-refractivity contribution in [2.75, 3.05) is 5.75 Å². The summed E-state index contributed by atoms with van der Waals surface area (Å²) in [5.41, 5.74) is -0.167. The van der Waals surface area contributed by atoms with Crippen molar-refractivity contribution < 1.29 is 13.2 Å². The van der Waals surface area contributed by atoms with Gasteiger partial charge in [-0.2, -0.15) is 0 Å². The molecule has 21 heavy (non-hydrogen) atoms. The Labute approximate surface area is 127 Å². The number of carbonyl (C=O) groups is 1. The number of amides is 1. The molecule has 0 aromatic heterocycles. The lowest BCUT2D eigenvalue weighted by Gasteiger charge is -2.37. The molecule has 4 fully saturated rings. The van der Waals surface area contributed by atoms with E-state index in [0.29, 0.717) is 5.92 Å². The fourth-order valence-electron chi connectivity index (χ4n) is 5.62. The molecule has 1 aliphatic heterocycles. The van der Waals surface area contributed by atoms with Crippen molar-refractivity contribution in [1.29, 1.82) is 0 Å². The Morgan fingerprint density at radius 3 is 2.33 bits per heavy atom. The molecular formula is C16H25NO3S. The molecule has 4 rings (SSSR count). The second kappa shape index (κ2) is 3.50. The highest BCUT2D eigenvalue weighted by Crippen LogP contribution is 2.70. The molecule has 0 aromatic carbocycles. The molecule has 3 aliphatic carbocycles. The molecule has 1 amide bonds. The van der Waals surface area contributed by atoms with Crippen molar-refractivity contribution in [3.63, 3.8) is 0 Å². The number of hydrogen-bond donors (Lipinski definition) is 0. The number of nitrogens with zero attached hydrogens (tertiary/aromatic N) is 1. The maximum absolute atomic E-state index is 12.8. The molecule has 1 saturated heterocycles. The molecule has 0 radical (unpaired) electrons. The third-order valence-corrected chi connectivity index (χ3v) is 9.35. The number of fused-ring (bicyclic) bond motifs is 1. The van der Waals surface area contributed by atoms with Crippen LogP contribution in [0, 0.1) is 28.1 Å². The van der Waals surface area contributed by atoms with Gasteiger partial charge < -0.3 is 0 Å². The van der Waals surface area contributed by atoms with Crippen LogP contribution in [0.2, 0.25) is 0 Å². The summed E-state index contributed by atoms with van der Waals surface area (Å²) in [6, 6.07) is -0.0693. The van der Waals surface area contributed by atoms with E-state index in [0.717, 1.165) is 25.7 Å². The van der Waals surface area contributed by atoms with Crippen molar-refractivity contribution in [2.24, 2.45) is 28.1 Å². The van der Waals surface area contributed by atoms with Crippen LogP contribution in [0.4, 0.5) is 0 Å². The Morgan fingerprint density at radius 2 is 1.81 bits per heavy atom. The normalized spacial score (nSPS) is 47.4. The van der Waals surface area contributed by atoms with E-state index in [1.54, 1.807) is 0 Å². The van der Waals surface area contributed by atoms with Crippen LogP contribution in [0.1, 0.15) is 53.4 Å². The van der Waals surface area contributed by atoms with Crippen molar-refractivity contribution in [2.45, 2.75) is 59.4 Å². The summed E-state index contributed by atoms with van der Waals surface area (Å²) in [5.74, 6) is 0.544. The maximum Gasteiger partial charge on any atom is 0.239 e.